The van der Waals surface area contributed by atoms with E-state index < -0.39 is 24.6 Å². The predicted octanol–water partition coefficient (Wildman–Crippen LogP) is 4.37. The van der Waals surface area contributed by atoms with E-state index in [0.717, 1.165) is 30.7 Å². The van der Waals surface area contributed by atoms with E-state index in [2.05, 4.69) is 15.3 Å². The summed E-state index contributed by atoms with van der Waals surface area (Å²) in [4.78, 5) is 21.2. The Bertz CT molecular complexity index is 1190. The van der Waals surface area contributed by atoms with E-state index in [1.54, 1.807) is 16.8 Å². The summed E-state index contributed by atoms with van der Waals surface area (Å²) in [6.07, 6.45) is 3.34. The SMILES string of the molecule is CN(CC(F)(F)F)C(=O)Nc1ccc(F)c(-c2cn3cc(C4=CCOCC4)cnc3n2)c1. The fraction of sp³-hybridized carbons (Fsp3) is 0.286. The topological polar surface area (TPSA) is 71.8 Å². The molecule has 1 aliphatic rings. The normalized spacial score (nSPS) is 14.3. The molecule has 1 aromatic carbocycles. The Morgan fingerprint density at radius 2 is 2.12 bits per heavy atom. The molecule has 2 amide bonds. The minimum atomic E-state index is -4.52. The molecule has 0 aliphatic carbocycles. The minimum Gasteiger partial charge on any atom is -0.377 e. The largest absolute Gasteiger partial charge is 0.406 e. The first-order valence-corrected chi connectivity index (χ1v) is 9.70. The quantitative estimate of drug-likeness (QED) is 0.601. The lowest BCUT2D eigenvalue weighted by atomic mass is 10.1. The molecule has 11 heteroatoms. The van der Waals surface area contributed by atoms with E-state index >= 15 is 0 Å². The Labute approximate surface area is 180 Å². The third kappa shape index (κ3) is 4.88. The Hall–Kier alpha value is -3.47. The van der Waals surface area contributed by atoms with Crippen LogP contribution in [0.1, 0.15) is 12.0 Å². The maximum Gasteiger partial charge on any atom is 0.406 e. The highest BCUT2D eigenvalue weighted by atomic mass is 19.4. The van der Waals surface area contributed by atoms with Crippen LogP contribution in [0, 0.1) is 5.82 Å². The van der Waals surface area contributed by atoms with Gasteiger partial charge in [-0.15, -0.1) is 0 Å². The Morgan fingerprint density at radius 1 is 1.31 bits per heavy atom. The number of nitrogens with zero attached hydrogens (tertiary/aromatic N) is 4. The van der Waals surface area contributed by atoms with Crippen molar-refractivity contribution >= 4 is 23.1 Å². The lowest BCUT2D eigenvalue weighted by molar-refractivity contribution is -0.137. The number of carbonyl (C=O) groups excluding carboxylic acids is 1. The van der Waals surface area contributed by atoms with Gasteiger partial charge in [0.25, 0.3) is 0 Å². The second kappa shape index (κ2) is 8.58. The molecule has 0 spiro atoms. The van der Waals surface area contributed by atoms with E-state index in [-0.39, 0.29) is 16.9 Å². The molecule has 0 saturated carbocycles. The second-order valence-corrected chi connectivity index (χ2v) is 7.33. The van der Waals surface area contributed by atoms with Crippen LogP contribution in [0.5, 0.6) is 0 Å². The number of nitrogens with one attached hydrogen (secondary N) is 1. The van der Waals surface area contributed by atoms with Crippen LogP contribution in [0.3, 0.4) is 0 Å². The monoisotopic (exact) mass is 449 g/mol. The summed E-state index contributed by atoms with van der Waals surface area (Å²) in [5, 5.41) is 2.34. The van der Waals surface area contributed by atoms with E-state index in [9.17, 15) is 22.4 Å². The van der Waals surface area contributed by atoms with Crippen LogP contribution in [-0.2, 0) is 4.74 Å². The predicted molar refractivity (Wildman–Crippen MR) is 109 cm³/mol. The van der Waals surface area contributed by atoms with E-state index in [4.69, 9.17) is 4.74 Å². The molecule has 32 heavy (non-hydrogen) atoms. The summed E-state index contributed by atoms with van der Waals surface area (Å²) in [6, 6.07) is 2.73. The van der Waals surface area contributed by atoms with Crippen molar-refractivity contribution in [2.24, 2.45) is 0 Å². The van der Waals surface area contributed by atoms with Gasteiger partial charge in [0, 0.05) is 42.5 Å². The smallest absolute Gasteiger partial charge is 0.377 e. The molecule has 3 heterocycles. The number of imidazole rings is 1. The van der Waals surface area contributed by atoms with Crippen molar-refractivity contribution < 1.29 is 27.1 Å². The molecular formula is C21H19F4N5O2. The van der Waals surface area contributed by atoms with Crippen LogP contribution in [-0.4, -0.2) is 58.3 Å². The van der Waals surface area contributed by atoms with E-state index in [0.29, 0.717) is 23.9 Å². The van der Waals surface area contributed by atoms with Crippen molar-refractivity contribution in [2.45, 2.75) is 12.6 Å². The minimum absolute atomic E-state index is 0.0820. The van der Waals surface area contributed by atoms with Gasteiger partial charge in [0.15, 0.2) is 0 Å². The van der Waals surface area contributed by atoms with Gasteiger partial charge < -0.3 is 15.0 Å². The molecule has 1 N–H and O–H groups in total. The molecular weight excluding hydrogens is 430 g/mol. The zero-order valence-corrected chi connectivity index (χ0v) is 17.0. The van der Waals surface area contributed by atoms with Crippen molar-refractivity contribution in [3.05, 3.63) is 54.2 Å². The van der Waals surface area contributed by atoms with Gasteiger partial charge in [0.2, 0.25) is 5.78 Å². The number of fused-ring (bicyclic) bond motifs is 1. The van der Waals surface area contributed by atoms with Crippen LogP contribution in [0.25, 0.3) is 22.6 Å². The summed E-state index contributed by atoms with van der Waals surface area (Å²) in [7, 11) is 1.02. The molecule has 1 aliphatic heterocycles. The molecule has 0 saturated heterocycles. The zero-order chi connectivity index (χ0) is 22.9. The zero-order valence-electron chi connectivity index (χ0n) is 17.0. The molecule has 7 nitrogen and oxygen atoms in total. The van der Waals surface area contributed by atoms with Crippen molar-refractivity contribution in [1.82, 2.24) is 19.3 Å². The summed E-state index contributed by atoms with van der Waals surface area (Å²) in [5.41, 5.74) is 2.49. The Balaban J connectivity index is 1.59. The molecule has 0 unspecified atom stereocenters. The summed E-state index contributed by atoms with van der Waals surface area (Å²) < 4.78 is 59.0. The van der Waals surface area contributed by atoms with Crippen molar-refractivity contribution in [2.75, 3.05) is 32.1 Å². The first kappa shape index (κ1) is 21.8. The van der Waals surface area contributed by atoms with Gasteiger partial charge in [0.05, 0.1) is 18.9 Å². The van der Waals surface area contributed by atoms with E-state index in [1.165, 1.54) is 12.1 Å². The Morgan fingerprint density at radius 3 is 2.84 bits per heavy atom. The molecule has 0 fully saturated rings. The number of carbonyl (C=O) groups is 1. The van der Waals surface area contributed by atoms with Gasteiger partial charge in [-0.05, 0) is 30.2 Å². The highest BCUT2D eigenvalue weighted by Crippen LogP contribution is 2.27. The number of ether oxygens (including phenoxy) is 1. The third-order valence-electron chi connectivity index (χ3n) is 4.90. The van der Waals surface area contributed by atoms with Gasteiger partial charge in [-0.3, -0.25) is 4.40 Å². The Kier molecular flexibility index (Phi) is 5.83. The van der Waals surface area contributed by atoms with Gasteiger partial charge in [0.1, 0.15) is 12.4 Å². The number of anilines is 1. The van der Waals surface area contributed by atoms with Crippen LogP contribution in [0.4, 0.5) is 28.0 Å². The third-order valence-corrected chi connectivity index (χ3v) is 4.90. The number of rotatable bonds is 4. The van der Waals surface area contributed by atoms with Crippen LogP contribution in [0.15, 0.2) is 42.9 Å². The maximum absolute atomic E-state index is 14.5. The fourth-order valence-corrected chi connectivity index (χ4v) is 3.33. The average molecular weight is 449 g/mol. The van der Waals surface area contributed by atoms with Crippen molar-refractivity contribution in [1.29, 1.82) is 0 Å². The maximum atomic E-state index is 14.5. The summed E-state index contributed by atoms with van der Waals surface area (Å²) >= 11 is 0. The lowest BCUT2D eigenvalue weighted by Crippen LogP contribution is -2.38. The number of alkyl halides is 3. The number of amides is 2. The number of hydrogen-bond donors (Lipinski definition) is 1. The lowest BCUT2D eigenvalue weighted by Gasteiger charge is -2.19. The highest BCUT2D eigenvalue weighted by molar-refractivity contribution is 5.90. The van der Waals surface area contributed by atoms with E-state index in [1.807, 2.05) is 12.3 Å². The molecule has 2 aromatic heterocycles. The molecule has 3 aromatic rings. The molecule has 0 atom stereocenters. The van der Waals surface area contributed by atoms with Crippen LogP contribution >= 0.6 is 0 Å². The number of aromatic nitrogens is 3. The highest BCUT2D eigenvalue weighted by Gasteiger charge is 2.31. The first-order chi connectivity index (χ1) is 15.2. The molecule has 0 radical (unpaired) electrons. The molecule has 0 bridgehead atoms. The van der Waals surface area contributed by atoms with Crippen LogP contribution in [0.2, 0.25) is 0 Å². The summed E-state index contributed by atoms with van der Waals surface area (Å²) in [6.45, 7) is -0.249. The van der Waals surface area contributed by atoms with Gasteiger partial charge in [-0.25, -0.2) is 19.2 Å². The number of halogens is 4. The molecule has 168 valence electrons. The standard InChI is InChI=1S/C21H19F4N5O2/c1-29(12-21(23,24)25)20(31)27-15-2-3-17(22)16(8-15)18-11-30-10-14(9-26-19(30)28-18)13-4-6-32-7-5-13/h2-4,8-11H,5-7,12H2,1H3,(H,27,31). The van der Waals surface area contributed by atoms with Crippen LogP contribution < -0.4 is 5.32 Å². The number of hydrogen-bond acceptors (Lipinski definition) is 4. The van der Waals surface area contributed by atoms with Gasteiger partial charge in [-0.1, -0.05) is 6.08 Å². The number of urea groups is 1. The van der Waals surface area contributed by atoms with Gasteiger partial charge in [-0.2, -0.15) is 13.2 Å². The van der Waals surface area contributed by atoms with Crippen molar-refractivity contribution in [3.8, 4) is 11.3 Å². The summed E-state index contributed by atoms with van der Waals surface area (Å²) in [5.74, 6) is -0.238. The first-order valence-electron chi connectivity index (χ1n) is 9.70. The van der Waals surface area contributed by atoms with Crippen molar-refractivity contribution in [3.63, 3.8) is 0 Å². The molecule has 4 rings (SSSR count). The van der Waals surface area contributed by atoms with Gasteiger partial charge >= 0.3 is 12.2 Å². The second-order valence-electron chi connectivity index (χ2n) is 7.33. The fourth-order valence-electron chi connectivity index (χ4n) is 3.33. The number of benzene rings is 1. The average Bonchev–Trinajstić information content (AvgIpc) is 3.17.